The molecule has 0 saturated heterocycles. The van der Waals surface area contributed by atoms with Crippen LogP contribution in [-0.4, -0.2) is 52.0 Å². The van der Waals surface area contributed by atoms with Crippen molar-refractivity contribution in [2.75, 3.05) is 18.5 Å². The fourth-order valence-corrected chi connectivity index (χ4v) is 3.98. The molecule has 8 heteroatoms. The van der Waals surface area contributed by atoms with E-state index in [1.165, 1.54) is 24.3 Å². The van der Waals surface area contributed by atoms with Crippen LogP contribution < -0.4 is 5.32 Å². The second-order valence-corrected chi connectivity index (χ2v) is 8.25. The number of anilines is 1. The summed E-state index contributed by atoms with van der Waals surface area (Å²) in [6, 6.07) is 13.5. The number of nitrogens with one attached hydrogen (secondary N) is 1. The van der Waals surface area contributed by atoms with E-state index < -0.39 is 24.5 Å². The van der Waals surface area contributed by atoms with Crippen molar-refractivity contribution < 1.29 is 24.2 Å². The first-order valence-electron chi connectivity index (χ1n) is 10.8. The first-order valence-corrected chi connectivity index (χ1v) is 10.8. The molecule has 33 heavy (non-hydrogen) atoms. The van der Waals surface area contributed by atoms with Gasteiger partial charge in [0.1, 0.15) is 0 Å². The standard InChI is InChI=1S/C25H25N3O5/c1-15(2)28-12-11-21-19(13-28)23(18-5-3-4-6-20(18)27-21)25(32)33-14-22(29)26-17-9-7-16(8-10-17)24(30)31/h3-10,15H,11-14H2,1-2H3,(H,26,29)(H,30,31). The van der Waals surface area contributed by atoms with Crippen molar-refractivity contribution in [2.45, 2.75) is 32.9 Å². The molecular weight excluding hydrogens is 422 g/mol. The Morgan fingerprint density at radius 1 is 1.12 bits per heavy atom. The van der Waals surface area contributed by atoms with Crippen molar-refractivity contribution in [3.63, 3.8) is 0 Å². The zero-order valence-electron chi connectivity index (χ0n) is 18.5. The lowest BCUT2D eigenvalue weighted by Crippen LogP contribution is -2.37. The van der Waals surface area contributed by atoms with E-state index in [1.54, 1.807) is 0 Å². The van der Waals surface area contributed by atoms with Crippen LogP contribution in [0, 0.1) is 0 Å². The molecule has 0 aliphatic carbocycles. The number of hydrogen-bond donors (Lipinski definition) is 2. The number of esters is 1. The topological polar surface area (TPSA) is 109 Å². The maximum atomic E-state index is 13.2. The number of carbonyl (C=O) groups is 3. The van der Waals surface area contributed by atoms with Crippen molar-refractivity contribution >= 4 is 34.4 Å². The molecule has 3 aromatic rings. The molecule has 2 N–H and O–H groups in total. The van der Waals surface area contributed by atoms with Crippen LogP contribution in [0.4, 0.5) is 5.69 Å². The van der Waals surface area contributed by atoms with Crippen LogP contribution in [0.2, 0.25) is 0 Å². The van der Waals surface area contributed by atoms with E-state index in [0.29, 0.717) is 29.2 Å². The zero-order chi connectivity index (χ0) is 23.5. The van der Waals surface area contributed by atoms with E-state index in [2.05, 4.69) is 24.1 Å². The molecule has 0 bridgehead atoms. The van der Waals surface area contributed by atoms with Gasteiger partial charge in [-0.1, -0.05) is 18.2 Å². The third-order valence-electron chi connectivity index (χ3n) is 5.76. The minimum atomic E-state index is -1.05. The average molecular weight is 447 g/mol. The molecule has 170 valence electrons. The molecule has 0 radical (unpaired) electrons. The van der Waals surface area contributed by atoms with Gasteiger partial charge in [-0.2, -0.15) is 0 Å². The summed E-state index contributed by atoms with van der Waals surface area (Å²) in [7, 11) is 0. The van der Waals surface area contributed by atoms with Crippen molar-refractivity contribution in [2.24, 2.45) is 0 Å². The first-order chi connectivity index (χ1) is 15.8. The summed E-state index contributed by atoms with van der Waals surface area (Å²) in [5.74, 6) is -2.12. The van der Waals surface area contributed by atoms with Gasteiger partial charge >= 0.3 is 11.9 Å². The fraction of sp³-hybridized carbons (Fsp3) is 0.280. The van der Waals surface area contributed by atoms with Gasteiger partial charge in [-0.15, -0.1) is 0 Å². The summed E-state index contributed by atoms with van der Waals surface area (Å²) < 4.78 is 5.40. The van der Waals surface area contributed by atoms with Crippen LogP contribution in [-0.2, 0) is 22.5 Å². The van der Waals surface area contributed by atoms with E-state index in [9.17, 15) is 14.4 Å². The Bertz CT molecular complexity index is 1220. The minimum absolute atomic E-state index is 0.115. The van der Waals surface area contributed by atoms with E-state index in [-0.39, 0.29) is 5.56 Å². The zero-order valence-corrected chi connectivity index (χ0v) is 18.5. The van der Waals surface area contributed by atoms with Gasteiger partial charge in [-0.25, -0.2) is 9.59 Å². The van der Waals surface area contributed by atoms with Crippen LogP contribution in [0.5, 0.6) is 0 Å². The SMILES string of the molecule is CC(C)N1CCc2nc3ccccc3c(C(=O)OCC(=O)Nc3ccc(C(=O)O)cc3)c2C1. The quantitative estimate of drug-likeness (QED) is 0.557. The lowest BCUT2D eigenvalue weighted by Gasteiger charge is -2.32. The summed E-state index contributed by atoms with van der Waals surface area (Å²) in [6.07, 6.45) is 0.742. The molecule has 0 atom stereocenters. The van der Waals surface area contributed by atoms with Crippen molar-refractivity contribution in [1.29, 1.82) is 0 Å². The fourth-order valence-electron chi connectivity index (χ4n) is 3.98. The molecule has 2 heterocycles. The summed E-state index contributed by atoms with van der Waals surface area (Å²) in [5.41, 5.74) is 3.46. The number of carboxylic acids is 1. The largest absolute Gasteiger partial charge is 0.478 e. The molecule has 0 spiro atoms. The Morgan fingerprint density at radius 3 is 2.55 bits per heavy atom. The van der Waals surface area contributed by atoms with E-state index >= 15 is 0 Å². The van der Waals surface area contributed by atoms with Crippen LogP contribution in [0.15, 0.2) is 48.5 Å². The Kier molecular flexibility index (Phi) is 6.37. The van der Waals surface area contributed by atoms with Gasteiger partial charge in [0.15, 0.2) is 6.61 Å². The number of carboxylic acid groups (broad SMARTS) is 1. The maximum absolute atomic E-state index is 13.2. The highest BCUT2D eigenvalue weighted by Gasteiger charge is 2.27. The average Bonchev–Trinajstić information content (AvgIpc) is 2.80. The molecule has 0 saturated carbocycles. The number of hydrogen-bond acceptors (Lipinski definition) is 6. The second-order valence-electron chi connectivity index (χ2n) is 8.25. The molecule has 0 fully saturated rings. The van der Waals surface area contributed by atoms with Gasteiger partial charge in [0.2, 0.25) is 0 Å². The van der Waals surface area contributed by atoms with Crippen LogP contribution in [0.3, 0.4) is 0 Å². The highest BCUT2D eigenvalue weighted by Crippen LogP contribution is 2.29. The molecule has 1 amide bonds. The van der Waals surface area contributed by atoms with Crippen LogP contribution >= 0.6 is 0 Å². The molecule has 1 aliphatic rings. The predicted octanol–water partition coefficient (Wildman–Crippen LogP) is 3.50. The molecular formula is C25H25N3O5. The molecule has 4 rings (SSSR count). The van der Waals surface area contributed by atoms with Crippen molar-refractivity contribution in [3.05, 3.63) is 70.9 Å². The number of pyridine rings is 1. The number of carbonyl (C=O) groups excluding carboxylic acids is 2. The number of aromatic carboxylic acids is 1. The number of aromatic nitrogens is 1. The second kappa shape index (κ2) is 9.38. The molecule has 8 nitrogen and oxygen atoms in total. The molecule has 2 aromatic carbocycles. The summed E-state index contributed by atoms with van der Waals surface area (Å²) in [6.45, 7) is 5.24. The Labute approximate surface area is 191 Å². The monoisotopic (exact) mass is 447 g/mol. The van der Waals surface area contributed by atoms with E-state index in [0.717, 1.165) is 29.7 Å². The summed E-state index contributed by atoms with van der Waals surface area (Å²) in [4.78, 5) is 43.5. The van der Waals surface area contributed by atoms with Crippen molar-refractivity contribution in [3.8, 4) is 0 Å². The molecule has 0 unspecified atom stereocenters. The lowest BCUT2D eigenvalue weighted by atomic mass is 9.95. The van der Waals surface area contributed by atoms with Crippen LogP contribution in [0.25, 0.3) is 10.9 Å². The van der Waals surface area contributed by atoms with Crippen molar-refractivity contribution in [1.82, 2.24) is 9.88 Å². The van der Waals surface area contributed by atoms with Gasteiger partial charge < -0.3 is 15.2 Å². The smallest absolute Gasteiger partial charge is 0.339 e. The highest BCUT2D eigenvalue weighted by molar-refractivity contribution is 6.06. The van der Waals surface area contributed by atoms with Gasteiger partial charge in [0.05, 0.1) is 16.6 Å². The number of amides is 1. The number of benzene rings is 2. The predicted molar refractivity (Wildman–Crippen MR) is 123 cm³/mol. The summed E-state index contributed by atoms with van der Waals surface area (Å²) in [5, 5.41) is 12.3. The molecule has 1 aromatic heterocycles. The normalized spacial score (nSPS) is 13.5. The third kappa shape index (κ3) is 4.85. The number of ether oxygens (including phenoxy) is 1. The lowest BCUT2D eigenvalue weighted by molar-refractivity contribution is -0.119. The highest BCUT2D eigenvalue weighted by atomic mass is 16.5. The van der Waals surface area contributed by atoms with Gasteiger partial charge in [-0.05, 0) is 44.2 Å². The maximum Gasteiger partial charge on any atom is 0.339 e. The van der Waals surface area contributed by atoms with Crippen LogP contribution in [0.1, 0.15) is 45.8 Å². The van der Waals surface area contributed by atoms with Gasteiger partial charge in [0.25, 0.3) is 5.91 Å². The minimum Gasteiger partial charge on any atom is -0.478 e. The van der Waals surface area contributed by atoms with Gasteiger partial charge in [-0.3, -0.25) is 14.7 Å². The Morgan fingerprint density at radius 2 is 1.85 bits per heavy atom. The number of nitrogens with zero attached hydrogens (tertiary/aromatic N) is 2. The third-order valence-corrected chi connectivity index (χ3v) is 5.76. The Balaban J connectivity index is 1.53. The first kappa shape index (κ1) is 22.4. The molecule has 1 aliphatic heterocycles. The summed E-state index contributed by atoms with van der Waals surface area (Å²) >= 11 is 0. The van der Waals surface area contributed by atoms with E-state index in [1.807, 2.05) is 24.3 Å². The Hall–Kier alpha value is -3.78. The number of fused-ring (bicyclic) bond motifs is 2. The van der Waals surface area contributed by atoms with Gasteiger partial charge in [0, 0.05) is 47.9 Å². The number of rotatable bonds is 6. The van der Waals surface area contributed by atoms with E-state index in [4.69, 9.17) is 14.8 Å². The number of para-hydroxylation sites is 1.